The fraction of sp³-hybridized carbons (Fsp3) is 0.292. The molecule has 0 saturated carbocycles. The lowest BCUT2D eigenvalue weighted by molar-refractivity contribution is 0.399. The number of hydrogen-bond acceptors (Lipinski definition) is 3. The largest absolute Gasteiger partial charge is 0.347 e. The van der Waals surface area contributed by atoms with E-state index in [1.165, 1.54) is 10.9 Å². The number of sulfonamides is 1. The minimum absolute atomic E-state index is 0.00850. The van der Waals surface area contributed by atoms with Crippen LogP contribution in [0, 0.1) is 12.8 Å². The number of H-pyrrole nitrogens is 1. The average molecular weight is 435 g/mol. The molecule has 1 N–H and O–H groups in total. The van der Waals surface area contributed by atoms with Gasteiger partial charge in [0, 0.05) is 48.0 Å². The Hall–Kier alpha value is -2.90. The Bertz CT molecular complexity index is 1310. The molecule has 2 atom stereocenters. The molecule has 7 heteroatoms. The summed E-state index contributed by atoms with van der Waals surface area (Å²) in [5.41, 5.74) is 4.42. The first-order valence-corrected chi connectivity index (χ1v) is 12.0. The van der Waals surface area contributed by atoms with Crippen molar-refractivity contribution in [1.29, 1.82) is 0 Å². The van der Waals surface area contributed by atoms with Gasteiger partial charge in [-0.25, -0.2) is 8.42 Å². The molecule has 1 aliphatic rings. The molecule has 0 radical (unpaired) electrons. The van der Waals surface area contributed by atoms with Crippen LogP contribution in [0.5, 0.6) is 0 Å². The Morgan fingerprint density at radius 2 is 1.90 bits per heavy atom. The Morgan fingerprint density at radius 1 is 1.10 bits per heavy atom. The minimum Gasteiger partial charge on any atom is -0.347 e. The van der Waals surface area contributed by atoms with E-state index in [9.17, 15) is 8.42 Å². The molecular weight excluding hydrogens is 408 g/mol. The Kier molecular flexibility index (Phi) is 4.95. The molecule has 2 unspecified atom stereocenters. The van der Waals surface area contributed by atoms with Crippen molar-refractivity contribution in [3.63, 3.8) is 0 Å². The average Bonchev–Trinajstić information content (AvgIpc) is 3.49. The predicted octanol–water partition coefficient (Wildman–Crippen LogP) is 4.44. The summed E-state index contributed by atoms with van der Waals surface area (Å²) in [4.78, 5) is 0.379. The van der Waals surface area contributed by atoms with Gasteiger partial charge in [-0.15, -0.1) is 0 Å². The molecule has 3 heterocycles. The van der Waals surface area contributed by atoms with E-state index in [0.29, 0.717) is 11.4 Å². The highest BCUT2D eigenvalue weighted by molar-refractivity contribution is 7.89. The van der Waals surface area contributed by atoms with Gasteiger partial charge in [-0.3, -0.25) is 5.10 Å². The van der Waals surface area contributed by atoms with Crippen LogP contribution in [0.25, 0.3) is 22.0 Å². The zero-order chi connectivity index (χ0) is 21.6. The molecule has 2 aromatic carbocycles. The van der Waals surface area contributed by atoms with Gasteiger partial charge in [0.15, 0.2) is 0 Å². The molecule has 1 fully saturated rings. The first kappa shape index (κ1) is 20.0. The Labute approximate surface area is 182 Å². The second kappa shape index (κ2) is 7.66. The van der Waals surface area contributed by atoms with E-state index in [1.54, 1.807) is 16.4 Å². The standard InChI is InChI=1S/C24H26N4O2S/c1-17-3-6-23(7-4-17)31(29,30)28-16-19(11-18(28)2)15-27-10-9-21-12-20(5-8-24(21)27)22-13-25-26-14-22/h3-10,12-14,18-19H,11,15-16H2,1-2H3,(H,25,26). The van der Waals surface area contributed by atoms with Gasteiger partial charge in [-0.05, 0) is 62.1 Å². The minimum atomic E-state index is -3.47. The molecule has 0 spiro atoms. The maximum Gasteiger partial charge on any atom is 0.243 e. The van der Waals surface area contributed by atoms with Crippen LogP contribution in [0.15, 0.2) is 72.0 Å². The molecule has 0 aliphatic carbocycles. The van der Waals surface area contributed by atoms with Crippen molar-refractivity contribution in [3.05, 3.63) is 72.7 Å². The van der Waals surface area contributed by atoms with Gasteiger partial charge >= 0.3 is 0 Å². The summed E-state index contributed by atoms with van der Waals surface area (Å²) in [7, 11) is -3.47. The monoisotopic (exact) mass is 434 g/mol. The van der Waals surface area contributed by atoms with E-state index in [0.717, 1.165) is 29.7 Å². The molecule has 0 bridgehead atoms. The first-order valence-electron chi connectivity index (χ1n) is 10.6. The topological polar surface area (TPSA) is 71.0 Å². The van der Waals surface area contributed by atoms with E-state index in [-0.39, 0.29) is 12.0 Å². The van der Waals surface area contributed by atoms with Crippen molar-refractivity contribution in [2.24, 2.45) is 5.92 Å². The van der Waals surface area contributed by atoms with Gasteiger partial charge in [-0.1, -0.05) is 23.8 Å². The van der Waals surface area contributed by atoms with E-state index < -0.39 is 10.0 Å². The SMILES string of the molecule is Cc1ccc(S(=O)(=O)N2CC(Cn3ccc4cc(-c5cn[nH]c5)ccc43)CC2C)cc1. The fourth-order valence-corrected chi connectivity index (χ4v) is 6.37. The lowest BCUT2D eigenvalue weighted by atomic mass is 10.1. The highest BCUT2D eigenvalue weighted by Crippen LogP contribution is 2.32. The summed E-state index contributed by atoms with van der Waals surface area (Å²) < 4.78 is 30.3. The van der Waals surface area contributed by atoms with Gasteiger partial charge < -0.3 is 4.57 Å². The first-order chi connectivity index (χ1) is 14.9. The zero-order valence-electron chi connectivity index (χ0n) is 17.7. The highest BCUT2D eigenvalue weighted by atomic mass is 32.2. The number of benzene rings is 2. The van der Waals surface area contributed by atoms with Gasteiger partial charge in [0.1, 0.15) is 0 Å². The Morgan fingerprint density at radius 3 is 2.65 bits per heavy atom. The summed E-state index contributed by atoms with van der Waals surface area (Å²) in [6.07, 6.45) is 6.67. The van der Waals surface area contributed by atoms with Crippen LogP contribution < -0.4 is 0 Å². The van der Waals surface area contributed by atoms with Crippen LogP contribution in [0.4, 0.5) is 0 Å². The summed E-state index contributed by atoms with van der Waals surface area (Å²) in [5, 5.41) is 8.06. The number of fused-ring (bicyclic) bond motifs is 1. The van der Waals surface area contributed by atoms with Crippen molar-refractivity contribution in [2.45, 2.75) is 37.8 Å². The third-order valence-electron chi connectivity index (χ3n) is 6.29. The molecule has 0 amide bonds. The van der Waals surface area contributed by atoms with Crippen molar-refractivity contribution >= 4 is 20.9 Å². The number of nitrogens with one attached hydrogen (secondary N) is 1. The smallest absolute Gasteiger partial charge is 0.243 e. The van der Waals surface area contributed by atoms with Crippen molar-refractivity contribution in [1.82, 2.24) is 19.1 Å². The number of hydrogen-bond donors (Lipinski definition) is 1. The van der Waals surface area contributed by atoms with Crippen LogP contribution in [0.3, 0.4) is 0 Å². The van der Waals surface area contributed by atoms with Crippen LogP contribution in [-0.2, 0) is 16.6 Å². The van der Waals surface area contributed by atoms with Gasteiger partial charge in [0.05, 0.1) is 11.1 Å². The summed E-state index contributed by atoms with van der Waals surface area (Å²) in [6, 6.07) is 15.7. The van der Waals surface area contributed by atoms with Gasteiger partial charge in [0.2, 0.25) is 10.0 Å². The Balaban J connectivity index is 1.35. The van der Waals surface area contributed by atoms with Crippen LogP contribution >= 0.6 is 0 Å². The summed E-state index contributed by atoms with van der Waals surface area (Å²) in [5.74, 6) is 0.277. The van der Waals surface area contributed by atoms with E-state index in [4.69, 9.17) is 0 Å². The highest BCUT2D eigenvalue weighted by Gasteiger charge is 2.37. The third kappa shape index (κ3) is 3.68. The number of nitrogens with zero attached hydrogens (tertiary/aromatic N) is 3. The lowest BCUT2D eigenvalue weighted by Crippen LogP contribution is -2.34. The van der Waals surface area contributed by atoms with Crippen LogP contribution in [-0.4, -0.2) is 40.1 Å². The van der Waals surface area contributed by atoms with Crippen LogP contribution in [0.1, 0.15) is 18.9 Å². The normalized spacial score (nSPS) is 19.9. The maximum absolute atomic E-state index is 13.2. The van der Waals surface area contributed by atoms with Crippen molar-refractivity contribution in [2.75, 3.05) is 6.54 Å². The molecule has 4 aromatic rings. The fourth-order valence-electron chi connectivity index (χ4n) is 4.65. The van der Waals surface area contributed by atoms with Gasteiger partial charge in [-0.2, -0.15) is 9.40 Å². The number of rotatable bonds is 5. The summed E-state index contributed by atoms with van der Waals surface area (Å²) >= 11 is 0. The maximum atomic E-state index is 13.2. The predicted molar refractivity (Wildman–Crippen MR) is 122 cm³/mol. The van der Waals surface area contributed by atoms with Gasteiger partial charge in [0.25, 0.3) is 0 Å². The molecule has 160 valence electrons. The number of aromatic nitrogens is 3. The molecule has 2 aromatic heterocycles. The molecule has 6 nitrogen and oxygen atoms in total. The van der Waals surface area contributed by atoms with E-state index in [1.807, 2.05) is 38.4 Å². The molecule has 31 heavy (non-hydrogen) atoms. The lowest BCUT2D eigenvalue weighted by Gasteiger charge is -2.21. The molecule has 1 saturated heterocycles. The summed E-state index contributed by atoms with van der Waals surface area (Å²) in [6.45, 7) is 5.32. The number of aromatic amines is 1. The zero-order valence-corrected chi connectivity index (χ0v) is 18.5. The van der Waals surface area contributed by atoms with Crippen LogP contribution in [0.2, 0.25) is 0 Å². The van der Waals surface area contributed by atoms with E-state index in [2.05, 4.69) is 45.2 Å². The molecule has 5 rings (SSSR count). The quantitative estimate of drug-likeness (QED) is 0.505. The van der Waals surface area contributed by atoms with Crippen molar-refractivity contribution < 1.29 is 8.42 Å². The second-order valence-corrected chi connectivity index (χ2v) is 10.5. The number of aryl methyl sites for hydroxylation is 1. The van der Waals surface area contributed by atoms with Crippen molar-refractivity contribution in [3.8, 4) is 11.1 Å². The third-order valence-corrected chi connectivity index (χ3v) is 8.28. The second-order valence-electron chi connectivity index (χ2n) is 8.57. The van der Waals surface area contributed by atoms with E-state index >= 15 is 0 Å². The molecular formula is C24H26N4O2S. The molecule has 1 aliphatic heterocycles.